The van der Waals surface area contributed by atoms with Crippen LogP contribution in [-0.4, -0.2) is 86.5 Å². The number of likely N-dealkylation sites (tertiary alicyclic amines) is 1. The Balaban J connectivity index is 1.40. The molecule has 1 aliphatic heterocycles. The fourth-order valence-electron chi connectivity index (χ4n) is 8.26. The Morgan fingerprint density at radius 3 is 2.28 bits per heavy atom. The van der Waals surface area contributed by atoms with E-state index < -0.39 is 98.7 Å². The number of fused-ring (bicyclic) bond motifs is 3. The van der Waals surface area contributed by atoms with Gasteiger partial charge >= 0.3 is 6.18 Å². The molecular formula is C34H36F3N3O7. The van der Waals surface area contributed by atoms with Crippen LogP contribution in [-0.2, 0) is 28.7 Å². The van der Waals surface area contributed by atoms with Crippen molar-refractivity contribution in [1.82, 2.24) is 9.80 Å². The van der Waals surface area contributed by atoms with E-state index in [4.69, 9.17) is 5.73 Å². The van der Waals surface area contributed by atoms with Gasteiger partial charge in [0.1, 0.15) is 22.8 Å². The van der Waals surface area contributed by atoms with Gasteiger partial charge in [0.2, 0.25) is 5.78 Å². The number of nitrogens with zero attached hydrogens (tertiary/aromatic N) is 2. The minimum absolute atomic E-state index is 0.113. The van der Waals surface area contributed by atoms with Crippen LogP contribution in [0.4, 0.5) is 13.2 Å². The smallest absolute Gasteiger partial charge is 0.417 e. The van der Waals surface area contributed by atoms with Crippen molar-refractivity contribution in [2.75, 3.05) is 27.2 Å². The van der Waals surface area contributed by atoms with Crippen molar-refractivity contribution >= 4 is 17.5 Å². The second kappa shape index (κ2) is 11.5. The average molecular weight is 656 g/mol. The van der Waals surface area contributed by atoms with Crippen molar-refractivity contribution in [1.29, 1.82) is 0 Å². The van der Waals surface area contributed by atoms with Gasteiger partial charge < -0.3 is 26.2 Å². The van der Waals surface area contributed by atoms with Crippen molar-refractivity contribution < 1.29 is 48.0 Å². The summed E-state index contributed by atoms with van der Waals surface area (Å²) in [4.78, 5) is 42.8. The second-order valence-corrected chi connectivity index (χ2v) is 13.2. The number of aliphatic hydroxyl groups excluding tert-OH is 2. The number of hydrogen-bond donors (Lipinski definition) is 5. The number of ketones is 2. The molecule has 250 valence electrons. The van der Waals surface area contributed by atoms with E-state index in [-0.39, 0.29) is 24.4 Å². The first-order valence-electron chi connectivity index (χ1n) is 15.4. The van der Waals surface area contributed by atoms with Crippen LogP contribution in [0.2, 0.25) is 0 Å². The quantitative estimate of drug-likeness (QED) is 0.303. The summed E-state index contributed by atoms with van der Waals surface area (Å²) in [6.45, 7) is 0.946. The first-order chi connectivity index (χ1) is 22.1. The van der Waals surface area contributed by atoms with E-state index in [2.05, 4.69) is 0 Å². The number of rotatable bonds is 5. The fourth-order valence-corrected chi connectivity index (χ4v) is 8.26. The van der Waals surface area contributed by atoms with E-state index in [1.807, 2.05) is 35.2 Å². The van der Waals surface area contributed by atoms with Crippen LogP contribution in [0.3, 0.4) is 0 Å². The molecule has 0 saturated carbocycles. The number of alkyl halides is 3. The van der Waals surface area contributed by atoms with E-state index in [1.165, 1.54) is 24.6 Å². The van der Waals surface area contributed by atoms with E-state index in [9.17, 15) is 48.0 Å². The third kappa shape index (κ3) is 5.11. The molecule has 0 radical (unpaired) electrons. The molecule has 10 nitrogen and oxygen atoms in total. The third-order valence-electron chi connectivity index (χ3n) is 10.3. The summed E-state index contributed by atoms with van der Waals surface area (Å²) < 4.78 is 44.7. The third-order valence-corrected chi connectivity index (χ3v) is 10.3. The maximum atomic E-state index is 14.9. The highest BCUT2D eigenvalue weighted by Crippen LogP contribution is 2.54. The molecule has 6 N–H and O–H groups in total. The Morgan fingerprint density at radius 1 is 1.06 bits per heavy atom. The Bertz CT molecular complexity index is 1730. The summed E-state index contributed by atoms with van der Waals surface area (Å²) in [7, 11) is 2.95. The number of allylic oxidation sites excluding steroid dienone is 1. The summed E-state index contributed by atoms with van der Waals surface area (Å²) in [5, 5.41) is 45.1. The van der Waals surface area contributed by atoms with Gasteiger partial charge in [-0.3, -0.25) is 24.2 Å². The number of aliphatic hydroxyl groups is 3. The monoisotopic (exact) mass is 655 g/mol. The number of piperidine rings is 1. The lowest BCUT2D eigenvalue weighted by atomic mass is 9.58. The molecule has 3 aliphatic carbocycles. The molecule has 2 aromatic carbocycles. The maximum absolute atomic E-state index is 14.9. The van der Waals surface area contributed by atoms with Crippen LogP contribution in [0.5, 0.6) is 5.75 Å². The molecule has 6 rings (SSSR count). The van der Waals surface area contributed by atoms with Gasteiger partial charge in [-0.15, -0.1) is 0 Å². The summed E-state index contributed by atoms with van der Waals surface area (Å²) in [5.41, 5.74) is -0.149. The first kappa shape index (κ1) is 32.7. The predicted molar refractivity (Wildman–Crippen MR) is 162 cm³/mol. The zero-order valence-corrected chi connectivity index (χ0v) is 25.8. The van der Waals surface area contributed by atoms with Gasteiger partial charge in [0, 0.05) is 18.0 Å². The number of amides is 1. The maximum Gasteiger partial charge on any atom is 0.417 e. The normalized spacial score (nSPS) is 27.2. The molecule has 0 unspecified atom stereocenters. The Labute approximate surface area is 268 Å². The fraction of sp³-hybridized carbons (Fsp3) is 0.441. The Hall–Kier alpha value is -4.20. The van der Waals surface area contributed by atoms with Crippen LogP contribution >= 0.6 is 0 Å². The molecule has 1 heterocycles. The molecular weight excluding hydrogens is 619 g/mol. The van der Waals surface area contributed by atoms with Gasteiger partial charge in [0.25, 0.3) is 5.91 Å². The zero-order valence-electron chi connectivity index (χ0n) is 25.8. The molecule has 0 spiro atoms. The molecule has 4 aliphatic rings. The number of carbonyl (C=O) groups excluding carboxylic acids is 3. The van der Waals surface area contributed by atoms with E-state index in [1.54, 1.807) is 0 Å². The molecule has 1 saturated heterocycles. The zero-order chi connectivity index (χ0) is 34.2. The lowest BCUT2D eigenvalue weighted by molar-refractivity contribution is -0.148. The van der Waals surface area contributed by atoms with Crippen LogP contribution in [0.15, 0.2) is 59.1 Å². The number of phenolic OH excluding ortho intramolecular Hbond substituents is 1. The number of aromatic hydroxyl groups is 1. The molecule has 47 heavy (non-hydrogen) atoms. The van der Waals surface area contributed by atoms with Crippen LogP contribution in [0.25, 0.3) is 0 Å². The van der Waals surface area contributed by atoms with Crippen molar-refractivity contribution in [3.63, 3.8) is 0 Å². The lowest BCUT2D eigenvalue weighted by Crippen LogP contribution is -2.63. The van der Waals surface area contributed by atoms with Gasteiger partial charge in [-0.25, -0.2) is 0 Å². The predicted octanol–water partition coefficient (Wildman–Crippen LogP) is 3.52. The van der Waals surface area contributed by atoms with Gasteiger partial charge in [0.15, 0.2) is 11.4 Å². The SMILES string of the molecule is CN(C)[C@@H]1C(O)=C(C(N)=O)C(=O)[C@@]2(O)C(O)=C3C(=O)c4c(O)cc(CN5CCC(c6ccccc6)CC5)c(C(F)(F)F)c4C[C@H]3C[C@@H]12. The van der Waals surface area contributed by atoms with E-state index >= 15 is 0 Å². The van der Waals surface area contributed by atoms with E-state index in [0.717, 1.165) is 18.9 Å². The van der Waals surface area contributed by atoms with Crippen LogP contribution in [0, 0.1) is 11.8 Å². The van der Waals surface area contributed by atoms with Crippen LogP contribution < -0.4 is 5.73 Å². The topological polar surface area (TPSA) is 165 Å². The molecule has 13 heteroatoms. The second-order valence-electron chi connectivity index (χ2n) is 13.2. The number of nitrogens with two attached hydrogens (primary N) is 1. The molecule has 2 aromatic rings. The highest BCUT2D eigenvalue weighted by atomic mass is 19.4. The van der Waals surface area contributed by atoms with Gasteiger partial charge in [-0.05, 0) is 87.5 Å². The molecule has 1 amide bonds. The number of halogens is 3. The number of benzene rings is 2. The Morgan fingerprint density at radius 2 is 1.70 bits per heavy atom. The number of hydrogen-bond acceptors (Lipinski definition) is 9. The number of Topliss-reactive ketones (excluding diaryl/α,β-unsaturated/α-hetero) is 2. The van der Waals surface area contributed by atoms with Crippen molar-refractivity contribution in [2.45, 2.75) is 56.0 Å². The number of carbonyl (C=O) groups is 3. The number of phenols is 1. The first-order valence-corrected chi connectivity index (χ1v) is 15.4. The molecule has 0 bridgehead atoms. The minimum atomic E-state index is -4.90. The number of primary amides is 1. The largest absolute Gasteiger partial charge is 0.510 e. The molecule has 1 fully saturated rings. The van der Waals surface area contributed by atoms with Gasteiger partial charge in [-0.2, -0.15) is 13.2 Å². The minimum Gasteiger partial charge on any atom is -0.510 e. The Kier molecular flexibility index (Phi) is 8.01. The summed E-state index contributed by atoms with van der Waals surface area (Å²) in [6.07, 6.45) is -4.17. The summed E-state index contributed by atoms with van der Waals surface area (Å²) >= 11 is 0. The van der Waals surface area contributed by atoms with Crippen molar-refractivity contribution in [2.24, 2.45) is 17.6 Å². The number of likely N-dealkylation sites (N-methyl/N-ethyl adjacent to an activating group) is 1. The van der Waals surface area contributed by atoms with Gasteiger partial charge in [0.05, 0.1) is 17.2 Å². The highest BCUT2D eigenvalue weighted by Gasteiger charge is 2.63. The highest BCUT2D eigenvalue weighted by molar-refractivity contribution is 6.24. The van der Waals surface area contributed by atoms with Crippen LogP contribution in [0.1, 0.15) is 57.8 Å². The van der Waals surface area contributed by atoms with Crippen molar-refractivity contribution in [3.8, 4) is 5.75 Å². The van der Waals surface area contributed by atoms with E-state index in [0.29, 0.717) is 13.1 Å². The van der Waals surface area contributed by atoms with Crippen molar-refractivity contribution in [3.05, 3.63) is 86.9 Å². The summed E-state index contributed by atoms with van der Waals surface area (Å²) in [5.74, 6) is -8.72. The molecule has 4 atom stereocenters. The van der Waals surface area contributed by atoms with Gasteiger partial charge in [-0.1, -0.05) is 30.3 Å². The lowest BCUT2D eigenvalue weighted by Gasteiger charge is -2.50. The average Bonchev–Trinajstić information content (AvgIpc) is 2.98. The summed E-state index contributed by atoms with van der Waals surface area (Å²) in [6, 6.07) is 9.57. The molecule has 0 aromatic heterocycles. The standard InChI is InChI=1S/C34H36F3N3O7/c1-39(2)27-21-13-18-12-20-24(28(42)23(18)30(44)33(21,47)31(45)25(29(27)43)32(38)46)22(41)14-19(26(20)34(35,36)37)15-40-10-8-17(9-11-40)16-6-4-3-5-7-16/h3-7,14,17-18,21,27,41,43-44,47H,8-13,15H2,1-2H3,(H2,38,46)/t18-,21-,27-,33-/m0/s1.